The minimum Gasteiger partial charge on any atom is -0.460 e. The van der Waals surface area contributed by atoms with Gasteiger partial charge in [0, 0.05) is 6.61 Å². The first-order chi connectivity index (χ1) is 16.3. The van der Waals surface area contributed by atoms with Crippen molar-refractivity contribution in [3.63, 3.8) is 0 Å². The number of rotatable bonds is 7. The van der Waals surface area contributed by atoms with Crippen LogP contribution in [0.25, 0.3) is 0 Å². The average molecular weight is 480 g/mol. The van der Waals surface area contributed by atoms with Crippen LogP contribution in [0.2, 0.25) is 0 Å². The molecule has 4 rings (SSSR count). The molecule has 0 atom stereocenters. The summed E-state index contributed by atoms with van der Waals surface area (Å²) in [6, 6.07) is 18.0. The maximum absolute atomic E-state index is 13.6. The van der Waals surface area contributed by atoms with E-state index >= 15 is 0 Å². The molecular weight excluding hydrogens is 454 g/mol. The lowest BCUT2D eigenvalue weighted by Crippen LogP contribution is -2.30. The normalized spacial score (nSPS) is 14.2. The van der Waals surface area contributed by atoms with Crippen molar-refractivity contribution < 1.29 is 27.5 Å². The summed E-state index contributed by atoms with van der Waals surface area (Å²) < 4.78 is 37.5. The van der Waals surface area contributed by atoms with Crippen molar-refractivity contribution in [1.82, 2.24) is 0 Å². The molecule has 0 saturated carbocycles. The van der Waals surface area contributed by atoms with Crippen molar-refractivity contribution in [1.29, 1.82) is 0 Å². The number of hydrogen-bond acceptors (Lipinski definition) is 6. The number of hydrogen-bond donors (Lipinski definition) is 0. The van der Waals surface area contributed by atoms with Gasteiger partial charge in [-0.1, -0.05) is 42.0 Å². The van der Waals surface area contributed by atoms with Crippen LogP contribution in [0.4, 0.5) is 5.69 Å². The molecule has 0 N–H and O–H groups in total. The highest BCUT2D eigenvalue weighted by molar-refractivity contribution is 7.91. The number of esters is 1. The highest BCUT2D eigenvalue weighted by Crippen LogP contribution is 2.38. The Balaban J connectivity index is 1.82. The first kappa shape index (κ1) is 23.7. The third-order valence-corrected chi connectivity index (χ3v) is 7.37. The molecule has 0 fully saturated rings. The van der Waals surface area contributed by atoms with Gasteiger partial charge in [-0.15, -0.1) is 0 Å². The van der Waals surface area contributed by atoms with Crippen molar-refractivity contribution in [3.8, 4) is 0 Å². The minimum absolute atomic E-state index is 0.0377. The Bertz CT molecular complexity index is 1350. The van der Waals surface area contributed by atoms with Crippen molar-refractivity contribution in [3.05, 3.63) is 89.0 Å². The molecule has 7 nitrogen and oxygen atoms in total. The largest absolute Gasteiger partial charge is 0.460 e. The van der Waals surface area contributed by atoms with Crippen molar-refractivity contribution in [2.75, 3.05) is 24.7 Å². The number of anilines is 1. The van der Waals surface area contributed by atoms with Crippen LogP contribution in [0.1, 0.15) is 38.8 Å². The Morgan fingerprint density at radius 1 is 0.941 bits per heavy atom. The second-order valence-electron chi connectivity index (χ2n) is 7.90. The van der Waals surface area contributed by atoms with Crippen molar-refractivity contribution in [2.24, 2.45) is 0 Å². The Kier molecular flexibility index (Phi) is 6.81. The topological polar surface area (TPSA) is 90.0 Å². The van der Waals surface area contributed by atoms with Gasteiger partial charge in [-0.05, 0) is 49.7 Å². The van der Waals surface area contributed by atoms with E-state index in [9.17, 15) is 18.0 Å². The molecule has 0 aromatic heterocycles. The summed E-state index contributed by atoms with van der Waals surface area (Å²) in [6.07, 6.45) is 0. The third-order valence-electron chi connectivity index (χ3n) is 5.52. The SMILES string of the molecule is CCOCCOC(=O)c1ccc2c(c1)N(Cc1cccc(C)c1)C(=O)c1ccccc1S2(=O)=O. The van der Waals surface area contributed by atoms with Gasteiger partial charge in [0.1, 0.15) is 6.61 Å². The summed E-state index contributed by atoms with van der Waals surface area (Å²) in [6.45, 7) is 4.75. The zero-order valence-corrected chi connectivity index (χ0v) is 19.8. The fourth-order valence-corrected chi connectivity index (χ4v) is 5.54. The van der Waals surface area contributed by atoms with E-state index in [2.05, 4.69) is 0 Å². The molecule has 0 radical (unpaired) electrons. The van der Waals surface area contributed by atoms with E-state index in [4.69, 9.17) is 9.47 Å². The Morgan fingerprint density at radius 3 is 2.50 bits per heavy atom. The van der Waals surface area contributed by atoms with E-state index < -0.39 is 21.7 Å². The predicted molar refractivity (Wildman–Crippen MR) is 127 cm³/mol. The summed E-state index contributed by atoms with van der Waals surface area (Å²) in [5.41, 5.74) is 2.23. The molecule has 8 heteroatoms. The number of ether oxygens (including phenoxy) is 2. The fraction of sp³-hybridized carbons (Fsp3) is 0.231. The fourth-order valence-electron chi connectivity index (χ4n) is 3.90. The number of amides is 1. The lowest BCUT2D eigenvalue weighted by molar-refractivity contribution is 0.0335. The van der Waals surface area contributed by atoms with Gasteiger partial charge in [0.25, 0.3) is 5.91 Å². The van der Waals surface area contributed by atoms with E-state index in [-0.39, 0.29) is 46.4 Å². The molecule has 1 aliphatic heterocycles. The van der Waals surface area contributed by atoms with Gasteiger partial charge in [0.05, 0.1) is 39.8 Å². The number of carbonyl (C=O) groups excluding carboxylic acids is 2. The van der Waals surface area contributed by atoms with Gasteiger partial charge in [-0.3, -0.25) is 4.79 Å². The van der Waals surface area contributed by atoms with Crippen LogP contribution in [0, 0.1) is 6.92 Å². The Hall–Kier alpha value is -3.49. The lowest BCUT2D eigenvalue weighted by Gasteiger charge is -2.23. The summed E-state index contributed by atoms with van der Waals surface area (Å²) >= 11 is 0. The lowest BCUT2D eigenvalue weighted by atomic mass is 10.1. The molecule has 0 bridgehead atoms. The van der Waals surface area contributed by atoms with Gasteiger partial charge in [0.2, 0.25) is 9.84 Å². The molecule has 1 aliphatic rings. The smallest absolute Gasteiger partial charge is 0.338 e. The molecule has 1 amide bonds. The monoisotopic (exact) mass is 479 g/mol. The molecule has 176 valence electrons. The molecule has 34 heavy (non-hydrogen) atoms. The average Bonchev–Trinajstić information content (AvgIpc) is 2.90. The molecule has 0 aliphatic carbocycles. The minimum atomic E-state index is -4.01. The maximum atomic E-state index is 13.6. The van der Waals surface area contributed by atoms with Crippen molar-refractivity contribution >= 4 is 27.4 Å². The van der Waals surface area contributed by atoms with Gasteiger partial charge >= 0.3 is 5.97 Å². The zero-order valence-electron chi connectivity index (χ0n) is 19.0. The standard InChI is InChI=1S/C26H25NO6S/c1-3-32-13-14-33-26(29)20-11-12-24-22(16-20)27(17-19-8-6-7-18(2)15-19)25(28)21-9-4-5-10-23(21)34(24,30)31/h4-12,15-16H,3,13-14,17H2,1-2H3. The van der Waals surface area contributed by atoms with Crippen LogP contribution >= 0.6 is 0 Å². The summed E-state index contributed by atoms with van der Waals surface area (Å²) in [5.74, 6) is -1.08. The molecule has 3 aromatic rings. The van der Waals surface area contributed by atoms with E-state index in [1.54, 1.807) is 12.1 Å². The predicted octanol–water partition coefficient (Wildman–Crippen LogP) is 4.18. The van der Waals surface area contributed by atoms with Crippen LogP contribution < -0.4 is 4.90 Å². The number of carbonyl (C=O) groups is 2. The van der Waals surface area contributed by atoms with Crippen LogP contribution in [0.5, 0.6) is 0 Å². The van der Waals surface area contributed by atoms with Crippen LogP contribution in [0.15, 0.2) is 76.5 Å². The van der Waals surface area contributed by atoms with Gasteiger partial charge < -0.3 is 14.4 Å². The quantitative estimate of drug-likeness (QED) is 0.373. The zero-order chi connectivity index (χ0) is 24.3. The number of fused-ring (bicyclic) bond motifs is 2. The summed E-state index contributed by atoms with van der Waals surface area (Å²) in [4.78, 5) is 27.6. The summed E-state index contributed by atoms with van der Waals surface area (Å²) in [7, 11) is -4.01. The number of sulfone groups is 1. The van der Waals surface area contributed by atoms with Crippen LogP contribution in [-0.2, 0) is 25.9 Å². The molecule has 0 spiro atoms. The molecule has 1 heterocycles. The van der Waals surface area contributed by atoms with Crippen molar-refractivity contribution in [2.45, 2.75) is 30.2 Å². The van der Waals surface area contributed by atoms with E-state index in [1.807, 2.05) is 38.1 Å². The third kappa shape index (κ3) is 4.60. The molecular formula is C26H25NO6S. The second kappa shape index (κ2) is 9.79. The highest BCUT2D eigenvalue weighted by atomic mass is 32.2. The van der Waals surface area contributed by atoms with Gasteiger partial charge in [-0.2, -0.15) is 0 Å². The van der Waals surface area contributed by atoms with E-state index in [0.717, 1.165) is 11.1 Å². The first-order valence-electron chi connectivity index (χ1n) is 10.9. The molecule has 0 unspecified atom stereocenters. The number of benzene rings is 3. The van der Waals surface area contributed by atoms with Crippen LogP contribution in [-0.4, -0.2) is 40.1 Å². The van der Waals surface area contributed by atoms with Gasteiger partial charge in [0.15, 0.2) is 0 Å². The van der Waals surface area contributed by atoms with Crippen LogP contribution in [0.3, 0.4) is 0 Å². The highest BCUT2D eigenvalue weighted by Gasteiger charge is 2.36. The van der Waals surface area contributed by atoms with E-state index in [0.29, 0.717) is 6.61 Å². The summed E-state index contributed by atoms with van der Waals surface area (Å²) in [5, 5.41) is 0. The first-order valence-corrected chi connectivity index (χ1v) is 12.4. The Labute approximate surface area is 198 Å². The second-order valence-corrected chi connectivity index (χ2v) is 9.78. The number of aryl methyl sites for hydroxylation is 1. The molecule has 0 saturated heterocycles. The van der Waals surface area contributed by atoms with E-state index in [1.165, 1.54) is 35.2 Å². The number of nitrogens with zero attached hydrogens (tertiary/aromatic N) is 1. The molecule has 3 aromatic carbocycles. The maximum Gasteiger partial charge on any atom is 0.338 e. The Morgan fingerprint density at radius 2 is 1.74 bits per heavy atom. The van der Waals surface area contributed by atoms with Gasteiger partial charge in [-0.25, -0.2) is 13.2 Å².